The van der Waals surface area contributed by atoms with E-state index in [0.29, 0.717) is 6.54 Å². The van der Waals surface area contributed by atoms with Gasteiger partial charge in [0.25, 0.3) is 0 Å². The number of halogens is 1. The predicted molar refractivity (Wildman–Crippen MR) is 70.0 cm³/mol. The molecule has 2 aromatic heterocycles. The highest BCUT2D eigenvalue weighted by atomic mass is 35.5. The minimum absolute atomic E-state index is 0.0454. The average molecular weight is 280 g/mol. The van der Waals surface area contributed by atoms with Crippen molar-refractivity contribution in [3.8, 4) is 0 Å². The third kappa shape index (κ3) is 3.14. The van der Waals surface area contributed by atoms with Gasteiger partial charge in [0.1, 0.15) is 6.20 Å². The molecule has 0 aliphatic heterocycles. The summed E-state index contributed by atoms with van der Waals surface area (Å²) in [6, 6.07) is 1.86. The lowest BCUT2D eigenvalue weighted by molar-refractivity contribution is -0.384. The van der Waals surface area contributed by atoms with Crippen LogP contribution in [0.3, 0.4) is 0 Å². The summed E-state index contributed by atoms with van der Waals surface area (Å²) in [7, 11) is 0. The highest BCUT2D eigenvalue weighted by Gasteiger charge is 2.16. The van der Waals surface area contributed by atoms with Gasteiger partial charge in [-0.2, -0.15) is 4.98 Å². The van der Waals surface area contributed by atoms with Crippen molar-refractivity contribution >= 4 is 23.1 Å². The molecule has 0 aliphatic rings. The second kappa shape index (κ2) is 5.57. The highest BCUT2D eigenvalue weighted by Crippen LogP contribution is 2.22. The Kier molecular flexibility index (Phi) is 3.86. The van der Waals surface area contributed by atoms with Crippen LogP contribution in [-0.2, 0) is 6.54 Å². The molecule has 0 amide bonds. The van der Waals surface area contributed by atoms with Crippen molar-refractivity contribution in [1.82, 2.24) is 15.0 Å². The van der Waals surface area contributed by atoms with Crippen molar-refractivity contribution in [2.45, 2.75) is 13.5 Å². The molecule has 0 spiro atoms. The predicted octanol–water partition coefficient (Wildman–Crippen LogP) is 2.35. The van der Waals surface area contributed by atoms with Crippen molar-refractivity contribution in [3.63, 3.8) is 0 Å². The molecule has 0 radical (unpaired) electrons. The molecule has 0 unspecified atom stereocenters. The third-order valence-electron chi connectivity index (χ3n) is 2.53. The lowest BCUT2D eigenvalue weighted by Crippen LogP contribution is -2.06. The quantitative estimate of drug-likeness (QED) is 0.524. The molecule has 8 heteroatoms. The Hall–Kier alpha value is -2.28. The van der Waals surface area contributed by atoms with E-state index in [9.17, 15) is 10.1 Å². The molecule has 7 nitrogen and oxygen atoms in total. The summed E-state index contributed by atoms with van der Waals surface area (Å²) in [5.74, 6) is 0.0910. The number of aryl methyl sites for hydroxylation is 1. The van der Waals surface area contributed by atoms with Gasteiger partial charge in [0, 0.05) is 18.9 Å². The zero-order chi connectivity index (χ0) is 13.8. The molecule has 0 bridgehead atoms. The molecule has 0 aromatic carbocycles. The Morgan fingerprint density at radius 2 is 2.26 bits per heavy atom. The molecule has 0 atom stereocenters. The molecule has 2 aromatic rings. The number of rotatable bonds is 4. The van der Waals surface area contributed by atoms with Crippen LogP contribution < -0.4 is 5.32 Å². The van der Waals surface area contributed by atoms with Crippen molar-refractivity contribution in [2.24, 2.45) is 0 Å². The Bertz CT molecular complexity index is 620. The fourth-order valence-electron chi connectivity index (χ4n) is 1.48. The number of hydrogen-bond acceptors (Lipinski definition) is 6. The molecular formula is C11H10ClN5O2. The molecule has 98 valence electrons. The first-order valence-corrected chi connectivity index (χ1v) is 5.76. The van der Waals surface area contributed by atoms with Gasteiger partial charge in [0.05, 0.1) is 4.92 Å². The molecule has 0 saturated heterocycles. The van der Waals surface area contributed by atoms with Crippen LogP contribution in [0.2, 0.25) is 5.28 Å². The van der Waals surface area contributed by atoms with E-state index in [1.54, 1.807) is 12.4 Å². The smallest absolute Gasteiger partial charge is 0.329 e. The van der Waals surface area contributed by atoms with Crippen molar-refractivity contribution in [3.05, 3.63) is 51.2 Å². The van der Waals surface area contributed by atoms with Crippen molar-refractivity contribution in [2.75, 3.05) is 5.32 Å². The summed E-state index contributed by atoms with van der Waals surface area (Å²) in [4.78, 5) is 21.7. The first-order valence-electron chi connectivity index (χ1n) is 5.38. The van der Waals surface area contributed by atoms with Gasteiger partial charge in [-0.3, -0.25) is 15.1 Å². The number of nitrogens with zero attached hydrogens (tertiary/aromatic N) is 4. The van der Waals surface area contributed by atoms with Gasteiger partial charge in [0.15, 0.2) is 0 Å². The molecule has 2 rings (SSSR count). The van der Waals surface area contributed by atoms with Crippen LogP contribution in [0.15, 0.2) is 24.7 Å². The fourth-order valence-corrected chi connectivity index (χ4v) is 1.61. The van der Waals surface area contributed by atoms with Crippen LogP contribution in [0.1, 0.15) is 11.1 Å². The number of aromatic nitrogens is 3. The number of nitrogens with one attached hydrogen (secondary N) is 1. The molecule has 0 aliphatic carbocycles. The third-order valence-corrected chi connectivity index (χ3v) is 2.71. The van der Waals surface area contributed by atoms with Crippen LogP contribution in [0.25, 0.3) is 0 Å². The zero-order valence-corrected chi connectivity index (χ0v) is 10.8. The second-order valence-corrected chi connectivity index (χ2v) is 4.12. The van der Waals surface area contributed by atoms with E-state index in [2.05, 4.69) is 20.3 Å². The summed E-state index contributed by atoms with van der Waals surface area (Å²) in [5.41, 5.74) is 1.74. The molecular weight excluding hydrogens is 270 g/mol. The van der Waals surface area contributed by atoms with E-state index in [-0.39, 0.29) is 16.8 Å². The van der Waals surface area contributed by atoms with Crippen LogP contribution >= 0.6 is 11.6 Å². The molecule has 2 heterocycles. The molecule has 19 heavy (non-hydrogen) atoms. The van der Waals surface area contributed by atoms with Crippen LogP contribution in [0.4, 0.5) is 11.5 Å². The number of nitro groups is 1. The standard InChI is InChI=1S/C11H10ClN5O2/c1-7-2-3-13-4-8(7)5-14-10-9(17(18)19)6-15-11(12)16-10/h2-4,6H,5H2,1H3,(H,14,15,16). The molecule has 0 fully saturated rings. The van der Waals surface area contributed by atoms with Gasteiger partial charge in [-0.05, 0) is 35.7 Å². The normalized spacial score (nSPS) is 10.2. The second-order valence-electron chi connectivity index (χ2n) is 3.79. The van der Waals surface area contributed by atoms with Crippen LogP contribution in [0, 0.1) is 17.0 Å². The van der Waals surface area contributed by atoms with Crippen LogP contribution in [-0.4, -0.2) is 19.9 Å². The Balaban J connectivity index is 2.22. The Morgan fingerprint density at radius 1 is 1.47 bits per heavy atom. The van der Waals surface area contributed by atoms with E-state index in [1.807, 2.05) is 13.0 Å². The SMILES string of the molecule is Cc1ccncc1CNc1nc(Cl)ncc1[N+](=O)[O-]. The zero-order valence-electron chi connectivity index (χ0n) is 10.00. The average Bonchev–Trinajstić information content (AvgIpc) is 2.37. The van der Waals surface area contributed by atoms with Gasteiger partial charge < -0.3 is 5.32 Å². The van der Waals surface area contributed by atoms with E-state index in [4.69, 9.17) is 11.6 Å². The van der Waals surface area contributed by atoms with E-state index < -0.39 is 4.92 Å². The monoisotopic (exact) mass is 279 g/mol. The minimum Gasteiger partial charge on any atom is -0.360 e. The van der Waals surface area contributed by atoms with Gasteiger partial charge >= 0.3 is 5.69 Å². The van der Waals surface area contributed by atoms with E-state index >= 15 is 0 Å². The van der Waals surface area contributed by atoms with Crippen molar-refractivity contribution in [1.29, 1.82) is 0 Å². The van der Waals surface area contributed by atoms with Gasteiger partial charge in [0.2, 0.25) is 11.1 Å². The first-order chi connectivity index (χ1) is 9.08. The first kappa shape index (κ1) is 13.2. The summed E-state index contributed by atoms with van der Waals surface area (Å²) < 4.78 is 0. The Labute approximate surface area is 113 Å². The van der Waals surface area contributed by atoms with Crippen molar-refractivity contribution < 1.29 is 4.92 Å². The lowest BCUT2D eigenvalue weighted by atomic mass is 10.1. The summed E-state index contributed by atoms with van der Waals surface area (Å²) >= 11 is 5.64. The van der Waals surface area contributed by atoms with Crippen LogP contribution in [0.5, 0.6) is 0 Å². The number of hydrogen-bond donors (Lipinski definition) is 1. The summed E-state index contributed by atoms with van der Waals surface area (Å²) in [6.07, 6.45) is 4.45. The maximum atomic E-state index is 10.8. The number of anilines is 1. The lowest BCUT2D eigenvalue weighted by Gasteiger charge is -2.07. The summed E-state index contributed by atoms with van der Waals surface area (Å²) in [5, 5.41) is 13.7. The molecule has 1 N–H and O–H groups in total. The topological polar surface area (TPSA) is 93.8 Å². The van der Waals surface area contributed by atoms with E-state index in [0.717, 1.165) is 17.3 Å². The summed E-state index contributed by atoms with van der Waals surface area (Å²) in [6.45, 7) is 2.30. The Morgan fingerprint density at radius 3 is 2.95 bits per heavy atom. The van der Waals surface area contributed by atoms with E-state index in [1.165, 1.54) is 0 Å². The molecule has 0 saturated carbocycles. The minimum atomic E-state index is -0.561. The van der Waals surface area contributed by atoms with Gasteiger partial charge in [-0.25, -0.2) is 4.98 Å². The number of pyridine rings is 1. The maximum absolute atomic E-state index is 10.8. The highest BCUT2D eigenvalue weighted by molar-refractivity contribution is 6.28. The maximum Gasteiger partial charge on any atom is 0.329 e. The largest absolute Gasteiger partial charge is 0.360 e. The fraction of sp³-hybridized carbons (Fsp3) is 0.182. The van der Waals surface area contributed by atoms with Gasteiger partial charge in [-0.1, -0.05) is 0 Å². The van der Waals surface area contributed by atoms with Gasteiger partial charge in [-0.15, -0.1) is 0 Å².